The minimum Gasteiger partial charge on any atom is -0.338 e. The molecule has 0 saturated carbocycles. The van der Waals surface area contributed by atoms with E-state index in [2.05, 4.69) is 23.3 Å². The van der Waals surface area contributed by atoms with Crippen LogP contribution in [0.25, 0.3) is 0 Å². The van der Waals surface area contributed by atoms with Gasteiger partial charge in [0.05, 0.1) is 6.04 Å². The molecule has 0 fully saturated rings. The summed E-state index contributed by atoms with van der Waals surface area (Å²) in [5, 5.41) is 3.86. The predicted octanol–water partition coefficient (Wildman–Crippen LogP) is 1.78. The van der Waals surface area contributed by atoms with E-state index in [1.54, 1.807) is 11.8 Å². The lowest BCUT2D eigenvalue weighted by atomic mass is 10.2. The van der Waals surface area contributed by atoms with E-state index >= 15 is 0 Å². The van der Waals surface area contributed by atoms with Crippen molar-refractivity contribution < 1.29 is 4.52 Å². The first kappa shape index (κ1) is 11.5. The van der Waals surface area contributed by atoms with Gasteiger partial charge in [-0.25, -0.2) is 0 Å². The molecule has 0 aliphatic heterocycles. The first-order valence-electron chi connectivity index (χ1n) is 4.85. The number of nitrogens with two attached hydrogens (primary N) is 1. The third kappa shape index (κ3) is 3.31. The lowest BCUT2D eigenvalue weighted by Gasteiger charge is -2.03. The highest BCUT2D eigenvalue weighted by molar-refractivity contribution is 7.98. The average Bonchev–Trinajstić information content (AvgIpc) is 2.63. The monoisotopic (exact) mass is 215 g/mol. The van der Waals surface area contributed by atoms with Crippen molar-refractivity contribution in [3.8, 4) is 0 Å². The quantitative estimate of drug-likeness (QED) is 0.783. The minimum atomic E-state index is -0.111. The molecule has 80 valence electrons. The van der Waals surface area contributed by atoms with Gasteiger partial charge in [0.25, 0.3) is 0 Å². The average molecular weight is 215 g/mol. The van der Waals surface area contributed by atoms with Crippen molar-refractivity contribution in [2.75, 3.05) is 12.0 Å². The van der Waals surface area contributed by atoms with Crippen molar-refractivity contribution in [1.29, 1.82) is 0 Å². The van der Waals surface area contributed by atoms with Crippen LogP contribution in [0.3, 0.4) is 0 Å². The van der Waals surface area contributed by atoms with Crippen molar-refractivity contribution >= 4 is 11.8 Å². The number of aromatic nitrogens is 2. The molecular formula is C9H17N3OS. The summed E-state index contributed by atoms with van der Waals surface area (Å²) in [6.45, 7) is 2.09. The van der Waals surface area contributed by atoms with E-state index in [4.69, 9.17) is 10.3 Å². The lowest BCUT2D eigenvalue weighted by molar-refractivity contribution is 0.348. The summed E-state index contributed by atoms with van der Waals surface area (Å²) in [6.07, 6.45) is 4.83. The predicted molar refractivity (Wildman–Crippen MR) is 58.2 cm³/mol. The maximum atomic E-state index is 5.88. The zero-order chi connectivity index (χ0) is 10.4. The zero-order valence-electron chi connectivity index (χ0n) is 8.69. The van der Waals surface area contributed by atoms with Crippen molar-refractivity contribution in [2.45, 2.75) is 32.2 Å². The van der Waals surface area contributed by atoms with E-state index < -0.39 is 0 Å². The Labute approximate surface area is 88.6 Å². The van der Waals surface area contributed by atoms with Crippen LogP contribution in [0.5, 0.6) is 0 Å². The van der Waals surface area contributed by atoms with Gasteiger partial charge in [0.2, 0.25) is 5.89 Å². The third-order valence-corrected chi connectivity index (χ3v) is 2.55. The van der Waals surface area contributed by atoms with Gasteiger partial charge in [0.15, 0.2) is 5.82 Å². The molecule has 0 aliphatic carbocycles. The smallest absolute Gasteiger partial charge is 0.243 e. The molecule has 0 spiro atoms. The maximum absolute atomic E-state index is 5.88. The molecule has 5 heteroatoms. The van der Waals surface area contributed by atoms with Crippen LogP contribution in [0.15, 0.2) is 4.52 Å². The highest BCUT2D eigenvalue weighted by Crippen LogP contribution is 2.14. The molecule has 0 amide bonds. The van der Waals surface area contributed by atoms with Crippen LogP contribution in [0.2, 0.25) is 0 Å². The summed E-state index contributed by atoms with van der Waals surface area (Å²) in [6, 6.07) is -0.111. The minimum absolute atomic E-state index is 0.111. The van der Waals surface area contributed by atoms with Gasteiger partial charge in [-0.15, -0.1) is 0 Å². The van der Waals surface area contributed by atoms with E-state index in [9.17, 15) is 0 Å². The second-order valence-corrected chi connectivity index (χ2v) is 4.17. The third-order valence-electron chi connectivity index (χ3n) is 1.91. The molecule has 0 unspecified atom stereocenters. The molecule has 2 N–H and O–H groups in total. The summed E-state index contributed by atoms with van der Waals surface area (Å²) < 4.78 is 5.08. The molecule has 1 atom stereocenters. The maximum Gasteiger partial charge on any atom is 0.243 e. The number of rotatable bonds is 6. The molecule has 14 heavy (non-hydrogen) atoms. The molecule has 0 aliphatic rings. The van der Waals surface area contributed by atoms with Crippen LogP contribution in [-0.4, -0.2) is 22.1 Å². The van der Waals surface area contributed by atoms with Crippen molar-refractivity contribution in [2.24, 2.45) is 5.73 Å². The summed E-state index contributed by atoms with van der Waals surface area (Å²) in [4.78, 5) is 4.24. The molecule has 0 saturated heterocycles. The first-order valence-corrected chi connectivity index (χ1v) is 6.24. The van der Waals surface area contributed by atoms with Crippen LogP contribution in [0.4, 0.5) is 0 Å². The Kier molecular flexibility index (Phi) is 4.97. The van der Waals surface area contributed by atoms with Crippen molar-refractivity contribution in [1.82, 2.24) is 10.1 Å². The molecular weight excluding hydrogens is 198 g/mol. The van der Waals surface area contributed by atoms with Gasteiger partial charge < -0.3 is 10.3 Å². The second kappa shape index (κ2) is 6.03. The molecule has 0 aromatic carbocycles. The summed E-state index contributed by atoms with van der Waals surface area (Å²) in [5.74, 6) is 2.36. The Balaban J connectivity index is 2.48. The molecule has 1 heterocycles. The lowest BCUT2D eigenvalue weighted by Crippen LogP contribution is -2.11. The first-order chi connectivity index (χ1) is 6.77. The molecule has 4 nitrogen and oxygen atoms in total. The molecule has 1 rings (SSSR count). The fourth-order valence-corrected chi connectivity index (χ4v) is 1.60. The fourth-order valence-electron chi connectivity index (χ4n) is 1.11. The van der Waals surface area contributed by atoms with E-state index in [1.807, 2.05) is 0 Å². The van der Waals surface area contributed by atoms with Gasteiger partial charge in [-0.05, 0) is 24.9 Å². The van der Waals surface area contributed by atoms with Gasteiger partial charge in [-0.3, -0.25) is 0 Å². The Morgan fingerprint density at radius 3 is 3.00 bits per heavy atom. The Morgan fingerprint density at radius 2 is 2.36 bits per heavy atom. The molecule has 0 bridgehead atoms. The summed E-state index contributed by atoms with van der Waals surface area (Å²) in [5.41, 5.74) is 5.88. The number of aryl methyl sites for hydroxylation is 1. The van der Waals surface area contributed by atoms with Crippen LogP contribution in [0.1, 0.15) is 37.5 Å². The summed E-state index contributed by atoms with van der Waals surface area (Å²) >= 11 is 1.77. The van der Waals surface area contributed by atoms with Gasteiger partial charge in [-0.1, -0.05) is 12.1 Å². The van der Waals surface area contributed by atoms with Gasteiger partial charge in [0, 0.05) is 6.42 Å². The molecule has 1 aromatic rings. The Hall–Kier alpha value is -0.550. The SMILES string of the molecule is CCCc1noc([C@@H](N)CCSC)n1. The number of thioether (sulfide) groups is 1. The highest BCUT2D eigenvalue weighted by atomic mass is 32.2. The normalized spacial score (nSPS) is 13.1. The van der Waals surface area contributed by atoms with E-state index in [1.165, 1.54) is 0 Å². The number of nitrogens with zero attached hydrogens (tertiary/aromatic N) is 2. The highest BCUT2D eigenvalue weighted by Gasteiger charge is 2.13. The zero-order valence-corrected chi connectivity index (χ0v) is 9.51. The Bertz CT molecular complexity index is 264. The van der Waals surface area contributed by atoms with Crippen LogP contribution in [-0.2, 0) is 6.42 Å². The Morgan fingerprint density at radius 1 is 1.57 bits per heavy atom. The number of hydrogen-bond acceptors (Lipinski definition) is 5. The number of hydrogen-bond donors (Lipinski definition) is 1. The van der Waals surface area contributed by atoms with Crippen molar-refractivity contribution in [3.63, 3.8) is 0 Å². The fraction of sp³-hybridized carbons (Fsp3) is 0.778. The van der Waals surface area contributed by atoms with E-state index in [-0.39, 0.29) is 6.04 Å². The second-order valence-electron chi connectivity index (χ2n) is 3.19. The largest absolute Gasteiger partial charge is 0.338 e. The van der Waals surface area contributed by atoms with Gasteiger partial charge in [0.1, 0.15) is 0 Å². The van der Waals surface area contributed by atoms with Crippen molar-refractivity contribution in [3.05, 3.63) is 11.7 Å². The summed E-state index contributed by atoms with van der Waals surface area (Å²) in [7, 11) is 0. The topological polar surface area (TPSA) is 64.9 Å². The molecule has 0 radical (unpaired) electrons. The molecule has 1 aromatic heterocycles. The van der Waals surface area contributed by atoms with Gasteiger partial charge in [-0.2, -0.15) is 16.7 Å². The van der Waals surface area contributed by atoms with Crippen LogP contribution >= 0.6 is 11.8 Å². The van der Waals surface area contributed by atoms with E-state index in [0.717, 1.165) is 30.8 Å². The van der Waals surface area contributed by atoms with Crippen LogP contribution in [0, 0.1) is 0 Å². The van der Waals surface area contributed by atoms with Crippen LogP contribution < -0.4 is 5.73 Å². The van der Waals surface area contributed by atoms with Gasteiger partial charge >= 0.3 is 0 Å². The van der Waals surface area contributed by atoms with E-state index in [0.29, 0.717) is 5.89 Å². The standard InChI is InChI=1S/C9H17N3OS/c1-3-4-8-11-9(13-12-8)7(10)5-6-14-2/h7H,3-6,10H2,1-2H3/t7-/m0/s1.